The first-order valence-corrected chi connectivity index (χ1v) is 9.84. The minimum absolute atomic E-state index is 0.0971. The van der Waals surface area contributed by atoms with Gasteiger partial charge in [0, 0.05) is 0 Å². The predicted octanol–water partition coefficient (Wildman–Crippen LogP) is 6.38. The Bertz CT molecular complexity index is 1180. The van der Waals surface area contributed by atoms with Crippen LogP contribution in [-0.4, -0.2) is 5.78 Å². The van der Waals surface area contributed by atoms with Gasteiger partial charge in [0.25, 0.3) is 0 Å². The summed E-state index contributed by atoms with van der Waals surface area (Å²) in [5.74, 6) is 0.0971. The second-order valence-corrected chi connectivity index (χ2v) is 7.34. The number of rotatable bonds is 3. The van der Waals surface area contributed by atoms with Crippen molar-refractivity contribution in [2.45, 2.75) is 0 Å². The van der Waals surface area contributed by atoms with E-state index in [9.17, 15) is 4.79 Å². The van der Waals surface area contributed by atoms with Crippen molar-refractivity contribution in [1.29, 1.82) is 0 Å². The molecule has 0 radical (unpaired) electrons. The van der Waals surface area contributed by atoms with Crippen LogP contribution < -0.4 is 0 Å². The zero-order chi connectivity index (χ0) is 19.7. The third-order valence-electron chi connectivity index (χ3n) is 5.70. The summed E-state index contributed by atoms with van der Waals surface area (Å²) in [5.41, 5.74) is 5.62. The van der Waals surface area contributed by atoms with Gasteiger partial charge < -0.3 is 0 Å². The van der Waals surface area contributed by atoms with Crippen LogP contribution in [0.4, 0.5) is 0 Å². The van der Waals surface area contributed by atoms with Crippen LogP contribution in [0.3, 0.4) is 0 Å². The van der Waals surface area contributed by atoms with Crippen LogP contribution in [0.25, 0.3) is 16.7 Å². The normalized spacial score (nSPS) is 20.4. The summed E-state index contributed by atoms with van der Waals surface area (Å²) in [4.78, 5) is 13.5. The van der Waals surface area contributed by atoms with Gasteiger partial charge in [-0.25, -0.2) is 0 Å². The van der Waals surface area contributed by atoms with Crippen molar-refractivity contribution in [2.75, 3.05) is 0 Å². The quantitative estimate of drug-likeness (QED) is 0.522. The number of hydrogen-bond donors (Lipinski definition) is 0. The molecule has 5 rings (SSSR count). The number of allylic oxidation sites excluding steroid dienone is 8. The van der Waals surface area contributed by atoms with E-state index in [2.05, 4.69) is 48.6 Å². The van der Waals surface area contributed by atoms with Crippen molar-refractivity contribution >= 4 is 22.5 Å². The molecule has 2 aliphatic rings. The molecule has 0 saturated carbocycles. The monoisotopic (exact) mass is 372 g/mol. The number of ketones is 1. The zero-order valence-electron chi connectivity index (χ0n) is 16.0. The van der Waals surface area contributed by atoms with Crippen molar-refractivity contribution in [1.82, 2.24) is 0 Å². The third kappa shape index (κ3) is 2.75. The fourth-order valence-electron chi connectivity index (χ4n) is 4.42. The molecule has 0 bridgehead atoms. The summed E-state index contributed by atoms with van der Waals surface area (Å²) in [6.45, 7) is 0. The molecule has 3 aromatic carbocycles. The van der Waals surface area contributed by atoms with E-state index in [-0.39, 0.29) is 5.78 Å². The van der Waals surface area contributed by atoms with Gasteiger partial charge in [0.2, 0.25) is 0 Å². The van der Waals surface area contributed by atoms with E-state index < -0.39 is 5.41 Å². The van der Waals surface area contributed by atoms with Crippen LogP contribution in [0.15, 0.2) is 121 Å². The van der Waals surface area contributed by atoms with Crippen LogP contribution in [-0.2, 0) is 4.79 Å². The maximum Gasteiger partial charge on any atom is 0.174 e. The fraction of sp³-hybridized carbons (Fsp3) is 0.0357. The van der Waals surface area contributed by atoms with Gasteiger partial charge in [-0.3, -0.25) is 4.79 Å². The molecule has 0 amide bonds. The Kier molecular flexibility index (Phi) is 4.22. The Morgan fingerprint density at radius 2 is 1.14 bits per heavy atom. The Labute approximate surface area is 171 Å². The molecular weight excluding hydrogens is 352 g/mol. The van der Waals surface area contributed by atoms with E-state index in [1.54, 1.807) is 6.08 Å². The van der Waals surface area contributed by atoms with Crippen LogP contribution in [0, 0.1) is 5.41 Å². The first-order valence-electron chi connectivity index (χ1n) is 9.84. The molecule has 29 heavy (non-hydrogen) atoms. The van der Waals surface area contributed by atoms with E-state index in [1.807, 2.05) is 66.7 Å². The van der Waals surface area contributed by atoms with Gasteiger partial charge in [-0.05, 0) is 45.6 Å². The summed E-state index contributed by atoms with van der Waals surface area (Å²) in [6, 6.07) is 30.9. The van der Waals surface area contributed by atoms with Gasteiger partial charge in [-0.2, -0.15) is 0 Å². The van der Waals surface area contributed by atoms with Gasteiger partial charge >= 0.3 is 0 Å². The molecule has 0 aliphatic heterocycles. The molecule has 0 N–H and O–H groups in total. The maximum absolute atomic E-state index is 13.5. The lowest BCUT2D eigenvalue weighted by atomic mass is 9.67. The van der Waals surface area contributed by atoms with E-state index in [0.29, 0.717) is 0 Å². The first kappa shape index (κ1) is 17.4. The predicted molar refractivity (Wildman–Crippen MR) is 120 cm³/mol. The minimum Gasteiger partial charge on any atom is -0.293 e. The molecule has 0 fully saturated rings. The molecule has 0 heterocycles. The Hall–Kier alpha value is -3.71. The third-order valence-corrected chi connectivity index (χ3v) is 5.70. The Morgan fingerprint density at radius 1 is 0.586 bits per heavy atom. The van der Waals surface area contributed by atoms with E-state index >= 15 is 0 Å². The lowest BCUT2D eigenvalue weighted by Gasteiger charge is -2.33. The smallest absolute Gasteiger partial charge is 0.174 e. The average Bonchev–Trinajstić information content (AvgIpc) is 3.13. The molecule has 1 unspecified atom stereocenters. The van der Waals surface area contributed by atoms with E-state index in [1.165, 1.54) is 0 Å². The summed E-state index contributed by atoms with van der Waals surface area (Å²) < 4.78 is 0. The van der Waals surface area contributed by atoms with Gasteiger partial charge in [-0.15, -0.1) is 0 Å². The highest BCUT2D eigenvalue weighted by atomic mass is 16.1. The van der Waals surface area contributed by atoms with Crippen molar-refractivity contribution in [3.05, 3.63) is 138 Å². The van der Waals surface area contributed by atoms with Crippen molar-refractivity contribution < 1.29 is 4.79 Å². The molecule has 3 aromatic rings. The number of carbonyl (C=O) groups excluding carboxylic acids is 1. The molecule has 0 saturated heterocycles. The average molecular weight is 372 g/mol. The highest BCUT2D eigenvalue weighted by Gasteiger charge is 2.48. The summed E-state index contributed by atoms with van der Waals surface area (Å²) in [5, 5.41) is 0. The fourth-order valence-corrected chi connectivity index (χ4v) is 4.42. The van der Waals surface area contributed by atoms with E-state index in [0.717, 1.165) is 33.4 Å². The highest BCUT2D eigenvalue weighted by Crippen LogP contribution is 2.57. The molecule has 1 atom stereocenters. The van der Waals surface area contributed by atoms with Gasteiger partial charge in [0.15, 0.2) is 5.78 Å². The molecule has 1 heteroatoms. The molecule has 0 aromatic heterocycles. The SMILES string of the molecule is O=C1C=CC=CC12C(c1ccccc1)=CC(c1ccccc1)=C2c1ccccc1. The molecule has 1 nitrogen and oxygen atoms in total. The summed E-state index contributed by atoms with van der Waals surface area (Å²) >= 11 is 0. The Balaban J connectivity index is 1.86. The molecular formula is C28H20O. The van der Waals surface area contributed by atoms with Crippen LogP contribution in [0.5, 0.6) is 0 Å². The molecule has 2 aliphatic carbocycles. The van der Waals surface area contributed by atoms with Crippen molar-refractivity contribution in [3.8, 4) is 0 Å². The summed E-state index contributed by atoms with van der Waals surface area (Å²) in [6.07, 6.45) is 9.79. The first-order chi connectivity index (χ1) is 14.3. The highest BCUT2D eigenvalue weighted by molar-refractivity contribution is 6.25. The standard InChI is InChI=1S/C28H20O/c29-26-18-10-11-19-28(26)25(22-14-6-2-7-15-22)20-24(21-12-4-1-5-13-21)27(28)23-16-8-3-9-17-23/h1-20H. The minimum atomic E-state index is -0.817. The Morgan fingerprint density at radius 3 is 1.72 bits per heavy atom. The van der Waals surface area contributed by atoms with Crippen molar-refractivity contribution in [2.24, 2.45) is 5.41 Å². The second-order valence-electron chi connectivity index (χ2n) is 7.34. The van der Waals surface area contributed by atoms with Crippen LogP contribution in [0.2, 0.25) is 0 Å². The maximum atomic E-state index is 13.5. The van der Waals surface area contributed by atoms with Gasteiger partial charge in [0.05, 0.1) is 0 Å². The molecule has 1 spiro atoms. The molecule has 138 valence electrons. The lowest BCUT2D eigenvalue weighted by Crippen LogP contribution is -2.30. The number of carbonyl (C=O) groups is 1. The van der Waals surface area contributed by atoms with Gasteiger partial charge in [0.1, 0.15) is 5.41 Å². The van der Waals surface area contributed by atoms with Gasteiger partial charge in [-0.1, -0.05) is 109 Å². The summed E-state index contributed by atoms with van der Waals surface area (Å²) in [7, 11) is 0. The number of hydrogen-bond acceptors (Lipinski definition) is 1. The second kappa shape index (κ2) is 7.03. The topological polar surface area (TPSA) is 17.1 Å². The number of benzene rings is 3. The van der Waals surface area contributed by atoms with Crippen LogP contribution >= 0.6 is 0 Å². The van der Waals surface area contributed by atoms with Crippen LogP contribution in [0.1, 0.15) is 16.7 Å². The largest absolute Gasteiger partial charge is 0.293 e. The van der Waals surface area contributed by atoms with Crippen molar-refractivity contribution in [3.63, 3.8) is 0 Å². The van der Waals surface area contributed by atoms with E-state index in [4.69, 9.17) is 0 Å². The lowest BCUT2D eigenvalue weighted by molar-refractivity contribution is -0.117. The zero-order valence-corrected chi connectivity index (χ0v) is 16.0.